The van der Waals surface area contributed by atoms with Crippen molar-refractivity contribution in [2.24, 2.45) is 0 Å². The van der Waals surface area contributed by atoms with Crippen LogP contribution in [0.5, 0.6) is 5.75 Å². The first-order chi connectivity index (χ1) is 9.10. The van der Waals surface area contributed by atoms with Crippen LogP contribution in [0.15, 0.2) is 36.9 Å². The molecule has 1 amide bonds. The molecule has 0 aromatic heterocycles. The Kier molecular flexibility index (Phi) is 5.60. The molecular formula is C14H17NO4. The quantitative estimate of drug-likeness (QED) is 0.736. The number of amides is 1. The van der Waals surface area contributed by atoms with E-state index in [4.69, 9.17) is 9.84 Å². The molecule has 102 valence electrons. The number of aliphatic carboxylic acids is 1. The fourth-order valence-corrected chi connectivity index (χ4v) is 1.61. The Hall–Kier alpha value is -2.30. The summed E-state index contributed by atoms with van der Waals surface area (Å²) < 4.78 is 5.07. The average molecular weight is 263 g/mol. The fourth-order valence-electron chi connectivity index (χ4n) is 1.61. The maximum absolute atomic E-state index is 12.0. The van der Waals surface area contributed by atoms with E-state index in [0.29, 0.717) is 24.2 Å². The molecule has 5 heteroatoms. The number of para-hydroxylation sites is 1. The van der Waals surface area contributed by atoms with Crippen LogP contribution < -0.4 is 10.1 Å². The number of carboxylic acid groups (broad SMARTS) is 1. The molecule has 1 atom stereocenters. The minimum absolute atomic E-state index is 0.305. The lowest BCUT2D eigenvalue weighted by Gasteiger charge is -2.15. The lowest BCUT2D eigenvalue weighted by atomic mass is 10.1. The summed E-state index contributed by atoms with van der Waals surface area (Å²) in [7, 11) is 1.46. The van der Waals surface area contributed by atoms with Crippen molar-refractivity contribution in [2.75, 3.05) is 7.11 Å². The SMILES string of the molecule is C=CCCC(NC(=O)c1ccccc1OC)C(=O)O. The smallest absolute Gasteiger partial charge is 0.326 e. The van der Waals surface area contributed by atoms with Gasteiger partial charge in [-0.05, 0) is 25.0 Å². The van der Waals surface area contributed by atoms with Crippen molar-refractivity contribution >= 4 is 11.9 Å². The fraction of sp³-hybridized carbons (Fsp3) is 0.286. The second kappa shape index (κ2) is 7.20. The first kappa shape index (κ1) is 14.8. The van der Waals surface area contributed by atoms with Crippen LogP contribution in [0.1, 0.15) is 23.2 Å². The number of benzene rings is 1. The zero-order valence-corrected chi connectivity index (χ0v) is 10.8. The van der Waals surface area contributed by atoms with Crippen molar-refractivity contribution in [3.05, 3.63) is 42.5 Å². The third-order valence-corrected chi connectivity index (χ3v) is 2.61. The van der Waals surface area contributed by atoms with E-state index < -0.39 is 17.9 Å². The number of hydrogen-bond acceptors (Lipinski definition) is 3. The summed E-state index contributed by atoms with van der Waals surface area (Å²) >= 11 is 0. The molecule has 1 aromatic rings. The topological polar surface area (TPSA) is 75.6 Å². The Bertz CT molecular complexity index is 470. The van der Waals surface area contributed by atoms with Gasteiger partial charge in [-0.3, -0.25) is 4.79 Å². The van der Waals surface area contributed by atoms with Crippen LogP contribution in [0.25, 0.3) is 0 Å². The third-order valence-electron chi connectivity index (χ3n) is 2.61. The predicted molar refractivity (Wildman–Crippen MR) is 71.3 cm³/mol. The number of hydrogen-bond donors (Lipinski definition) is 2. The number of carbonyl (C=O) groups is 2. The number of ether oxygens (including phenoxy) is 1. The van der Waals surface area contributed by atoms with Gasteiger partial charge in [0.2, 0.25) is 0 Å². The molecule has 1 aromatic carbocycles. The molecule has 1 rings (SSSR count). The van der Waals surface area contributed by atoms with Crippen molar-refractivity contribution in [1.82, 2.24) is 5.32 Å². The highest BCUT2D eigenvalue weighted by molar-refractivity contribution is 5.98. The molecular weight excluding hydrogens is 246 g/mol. The molecule has 0 aliphatic carbocycles. The Morgan fingerprint density at radius 1 is 1.47 bits per heavy atom. The maximum atomic E-state index is 12.0. The number of carbonyl (C=O) groups excluding carboxylic acids is 1. The lowest BCUT2D eigenvalue weighted by molar-refractivity contribution is -0.139. The first-order valence-corrected chi connectivity index (χ1v) is 5.87. The van der Waals surface area contributed by atoms with E-state index in [-0.39, 0.29) is 0 Å². The van der Waals surface area contributed by atoms with Crippen LogP contribution in [0.3, 0.4) is 0 Å². The second-order valence-corrected chi connectivity index (χ2v) is 3.93. The summed E-state index contributed by atoms with van der Waals surface area (Å²) in [5.41, 5.74) is 0.315. The number of allylic oxidation sites excluding steroid dienone is 1. The normalized spacial score (nSPS) is 11.4. The van der Waals surface area contributed by atoms with Gasteiger partial charge in [0, 0.05) is 0 Å². The second-order valence-electron chi connectivity index (χ2n) is 3.93. The van der Waals surface area contributed by atoms with Gasteiger partial charge in [0.15, 0.2) is 0 Å². The summed E-state index contributed by atoms with van der Waals surface area (Å²) in [6.45, 7) is 3.53. The van der Waals surface area contributed by atoms with Crippen LogP contribution in [-0.4, -0.2) is 30.1 Å². The van der Waals surface area contributed by atoms with Gasteiger partial charge in [-0.1, -0.05) is 18.2 Å². The molecule has 0 heterocycles. The number of rotatable bonds is 7. The summed E-state index contributed by atoms with van der Waals surface area (Å²) in [5, 5.41) is 11.5. The zero-order chi connectivity index (χ0) is 14.3. The van der Waals surface area contributed by atoms with Crippen LogP contribution in [0.4, 0.5) is 0 Å². The highest BCUT2D eigenvalue weighted by Crippen LogP contribution is 2.17. The minimum atomic E-state index is -1.06. The molecule has 0 aliphatic rings. The van der Waals surface area contributed by atoms with Gasteiger partial charge < -0.3 is 15.2 Å². The molecule has 5 nitrogen and oxygen atoms in total. The van der Waals surface area contributed by atoms with E-state index in [1.54, 1.807) is 30.3 Å². The molecule has 19 heavy (non-hydrogen) atoms. The molecule has 0 spiro atoms. The van der Waals surface area contributed by atoms with E-state index in [2.05, 4.69) is 11.9 Å². The highest BCUT2D eigenvalue weighted by atomic mass is 16.5. The van der Waals surface area contributed by atoms with Gasteiger partial charge >= 0.3 is 5.97 Å². The van der Waals surface area contributed by atoms with E-state index in [1.165, 1.54) is 7.11 Å². The molecule has 2 N–H and O–H groups in total. The first-order valence-electron chi connectivity index (χ1n) is 5.87. The highest BCUT2D eigenvalue weighted by Gasteiger charge is 2.21. The molecule has 0 saturated carbocycles. The van der Waals surface area contributed by atoms with Gasteiger partial charge in [0.05, 0.1) is 12.7 Å². The van der Waals surface area contributed by atoms with Gasteiger partial charge in [-0.25, -0.2) is 4.79 Å². The Morgan fingerprint density at radius 3 is 2.74 bits per heavy atom. The molecule has 0 fully saturated rings. The predicted octanol–water partition coefficient (Wildman–Crippen LogP) is 1.84. The largest absolute Gasteiger partial charge is 0.496 e. The molecule has 0 bridgehead atoms. The molecule has 0 saturated heterocycles. The molecule has 0 radical (unpaired) electrons. The van der Waals surface area contributed by atoms with Crippen molar-refractivity contribution < 1.29 is 19.4 Å². The summed E-state index contributed by atoms with van der Waals surface area (Å²) in [5.74, 6) is -1.12. The van der Waals surface area contributed by atoms with Crippen molar-refractivity contribution in [3.63, 3.8) is 0 Å². The Balaban J connectivity index is 2.81. The Labute approximate surface area is 111 Å². The Morgan fingerprint density at radius 2 is 2.16 bits per heavy atom. The molecule has 0 aliphatic heterocycles. The van der Waals surface area contributed by atoms with Crippen molar-refractivity contribution in [1.29, 1.82) is 0 Å². The van der Waals surface area contributed by atoms with Gasteiger partial charge in [0.25, 0.3) is 5.91 Å². The van der Waals surface area contributed by atoms with Crippen LogP contribution in [0, 0.1) is 0 Å². The standard InChI is InChI=1S/C14H17NO4/c1-3-4-8-11(14(17)18)15-13(16)10-7-5-6-9-12(10)19-2/h3,5-7,9,11H,1,4,8H2,2H3,(H,15,16)(H,17,18). The van der Waals surface area contributed by atoms with E-state index in [9.17, 15) is 9.59 Å². The van der Waals surface area contributed by atoms with E-state index in [0.717, 1.165) is 0 Å². The van der Waals surface area contributed by atoms with Crippen molar-refractivity contribution in [3.8, 4) is 5.75 Å². The summed E-state index contributed by atoms with van der Waals surface area (Å²) in [4.78, 5) is 23.1. The average Bonchev–Trinajstić information content (AvgIpc) is 2.42. The van der Waals surface area contributed by atoms with Gasteiger partial charge in [-0.15, -0.1) is 6.58 Å². The number of carboxylic acids is 1. The van der Waals surface area contributed by atoms with Crippen LogP contribution >= 0.6 is 0 Å². The monoisotopic (exact) mass is 263 g/mol. The minimum Gasteiger partial charge on any atom is -0.496 e. The maximum Gasteiger partial charge on any atom is 0.326 e. The summed E-state index contributed by atoms with van der Waals surface area (Å²) in [6, 6.07) is 5.73. The van der Waals surface area contributed by atoms with Crippen molar-refractivity contribution in [2.45, 2.75) is 18.9 Å². The van der Waals surface area contributed by atoms with Gasteiger partial charge in [0.1, 0.15) is 11.8 Å². The summed E-state index contributed by atoms with van der Waals surface area (Å²) in [6.07, 6.45) is 2.44. The van der Waals surface area contributed by atoms with E-state index >= 15 is 0 Å². The van der Waals surface area contributed by atoms with Crippen LogP contribution in [0.2, 0.25) is 0 Å². The zero-order valence-electron chi connectivity index (χ0n) is 10.8. The van der Waals surface area contributed by atoms with Gasteiger partial charge in [-0.2, -0.15) is 0 Å². The van der Waals surface area contributed by atoms with E-state index in [1.807, 2.05) is 0 Å². The lowest BCUT2D eigenvalue weighted by Crippen LogP contribution is -2.40. The number of nitrogens with one attached hydrogen (secondary N) is 1. The number of methoxy groups -OCH3 is 1. The molecule has 1 unspecified atom stereocenters. The third kappa shape index (κ3) is 4.13. The van der Waals surface area contributed by atoms with Crippen LogP contribution in [-0.2, 0) is 4.79 Å².